The number of nitrogens with zero attached hydrogens (tertiary/aromatic N) is 2. The SMILES string of the molecule is COc1cnc(O[C@@H]2C[C@@H](C(=O)N[C@]3(C(=O)NS(=O)(=O)C4CC4)C[C@H]3C3CC3)N(C(=O)[C@@H](NC(=O)O[C@H](C)C(F)(F)F)C3CCC3)C2)c2cc(Cl)ccc12. The fourth-order valence-electron chi connectivity index (χ4n) is 7.48. The van der Waals surface area contributed by atoms with Crippen molar-refractivity contribution in [2.75, 3.05) is 13.7 Å². The fraction of sp³-hybridized carbons (Fsp3) is 0.629. The van der Waals surface area contributed by atoms with E-state index >= 15 is 0 Å². The van der Waals surface area contributed by atoms with E-state index in [1.54, 1.807) is 18.2 Å². The van der Waals surface area contributed by atoms with Gasteiger partial charge < -0.3 is 29.7 Å². The lowest BCUT2D eigenvalue weighted by Gasteiger charge is -2.37. The van der Waals surface area contributed by atoms with Crippen LogP contribution in [0.5, 0.6) is 11.6 Å². The molecule has 2 heterocycles. The number of carbonyl (C=O) groups excluding carboxylic acids is 4. The molecule has 3 N–H and O–H groups in total. The number of fused-ring (bicyclic) bond motifs is 1. The predicted molar refractivity (Wildman–Crippen MR) is 186 cm³/mol. The number of hydrogen-bond acceptors (Lipinski definition) is 10. The molecule has 6 atom stereocenters. The zero-order valence-electron chi connectivity index (χ0n) is 29.5. The number of sulfonamides is 1. The molecule has 19 heteroatoms. The Morgan fingerprint density at radius 1 is 1.07 bits per heavy atom. The van der Waals surface area contributed by atoms with Gasteiger partial charge in [0.25, 0.3) is 5.91 Å². The van der Waals surface area contributed by atoms with Crippen LogP contribution < -0.4 is 24.8 Å². The van der Waals surface area contributed by atoms with E-state index in [0.29, 0.717) is 60.6 Å². The zero-order valence-corrected chi connectivity index (χ0v) is 31.1. The third-order valence-electron chi connectivity index (χ3n) is 11.2. The van der Waals surface area contributed by atoms with E-state index in [-0.39, 0.29) is 37.1 Å². The average molecular weight is 800 g/mol. The van der Waals surface area contributed by atoms with E-state index in [4.69, 9.17) is 21.1 Å². The second-order valence-corrected chi connectivity index (χ2v) is 17.4. The molecule has 5 fully saturated rings. The molecule has 0 spiro atoms. The molecule has 4 saturated carbocycles. The lowest BCUT2D eigenvalue weighted by Crippen LogP contribution is -2.60. The van der Waals surface area contributed by atoms with Gasteiger partial charge in [0.15, 0.2) is 6.10 Å². The first-order chi connectivity index (χ1) is 25.5. The highest BCUT2D eigenvalue weighted by Gasteiger charge is 2.67. The van der Waals surface area contributed by atoms with Crippen LogP contribution in [0.25, 0.3) is 10.8 Å². The molecule has 4 aliphatic carbocycles. The van der Waals surface area contributed by atoms with Crippen molar-refractivity contribution >= 4 is 56.2 Å². The molecule has 5 aliphatic rings. The summed E-state index contributed by atoms with van der Waals surface area (Å²) in [6.45, 7) is 0.466. The van der Waals surface area contributed by atoms with Crippen molar-refractivity contribution in [1.29, 1.82) is 0 Å². The highest BCUT2D eigenvalue weighted by Crippen LogP contribution is 2.57. The number of pyridine rings is 1. The van der Waals surface area contributed by atoms with E-state index in [9.17, 15) is 40.8 Å². The second kappa shape index (κ2) is 14.2. The third kappa shape index (κ3) is 7.72. The summed E-state index contributed by atoms with van der Waals surface area (Å²) in [5, 5.41) is 5.95. The molecule has 14 nitrogen and oxygen atoms in total. The summed E-state index contributed by atoms with van der Waals surface area (Å²) in [4.78, 5) is 60.7. The van der Waals surface area contributed by atoms with Crippen LogP contribution in [0.4, 0.5) is 18.0 Å². The summed E-state index contributed by atoms with van der Waals surface area (Å²) in [5.74, 6) is -2.38. The summed E-state index contributed by atoms with van der Waals surface area (Å²) >= 11 is 6.30. The molecular formula is C35H41ClF3N5O9S. The van der Waals surface area contributed by atoms with Gasteiger partial charge in [0.1, 0.15) is 29.5 Å². The number of halogens is 4. The zero-order chi connectivity index (χ0) is 38.7. The maximum absolute atomic E-state index is 14.4. The third-order valence-corrected chi connectivity index (χ3v) is 13.2. The minimum atomic E-state index is -4.83. The van der Waals surface area contributed by atoms with Crippen molar-refractivity contribution in [2.45, 2.75) is 106 Å². The Morgan fingerprint density at radius 3 is 2.41 bits per heavy atom. The smallest absolute Gasteiger partial charge is 0.425 e. The van der Waals surface area contributed by atoms with Gasteiger partial charge in [-0.3, -0.25) is 19.1 Å². The highest BCUT2D eigenvalue weighted by molar-refractivity contribution is 7.91. The summed E-state index contributed by atoms with van der Waals surface area (Å²) < 4.78 is 83.6. The molecule has 1 saturated heterocycles. The maximum Gasteiger partial charge on any atom is 0.425 e. The molecule has 1 aromatic carbocycles. The van der Waals surface area contributed by atoms with Crippen molar-refractivity contribution in [3.05, 3.63) is 29.4 Å². The first-order valence-electron chi connectivity index (χ1n) is 18.0. The van der Waals surface area contributed by atoms with E-state index in [2.05, 4.69) is 25.1 Å². The van der Waals surface area contributed by atoms with Crippen molar-refractivity contribution in [3.63, 3.8) is 0 Å². The van der Waals surface area contributed by atoms with Crippen molar-refractivity contribution < 1.29 is 55.0 Å². The maximum atomic E-state index is 14.4. The average Bonchev–Trinajstić information content (AvgIpc) is 3.95. The normalized spacial score (nSPS) is 26.6. The minimum absolute atomic E-state index is 0.105. The molecule has 54 heavy (non-hydrogen) atoms. The van der Waals surface area contributed by atoms with Gasteiger partial charge >= 0.3 is 12.3 Å². The van der Waals surface area contributed by atoms with Crippen molar-refractivity contribution in [3.8, 4) is 11.6 Å². The van der Waals surface area contributed by atoms with Crippen LogP contribution in [-0.4, -0.2) is 97.0 Å². The Balaban J connectivity index is 1.17. The molecule has 1 aromatic heterocycles. The van der Waals surface area contributed by atoms with Gasteiger partial charge in [0.2, 0.25) is 27.7 Å². The highest BCUT2D eigenvalue weighted by atomic mass is 35.5. The first-order valence-corrected chi connectivity index (χ1v) is 19.9. The second-order valence-electron chi connectivity index (χ2n) is 15.0. The number of carbonyl (C=O) groups is 4. The number of aromatic nitrogens is 1. The Bertz CT molecular complexity index is 1960. The van der Waals surface area contributed by atoms with Gasteiger partial charge in [-0.05, 0) is 87.8 Å². The number of likely N-dealkylation sites (tertiary alicyclic amines) is 1. The lowest BCUT2D eigenvalue weighted by molar-refractivity contribution is -0.197. The topological polar surface area (TPSA) is 182 Å². The number of ether oxygens (including phenoxy) is 3. The van der Waals surface area contributed by atoms with Crippen LogP contribution in [0.15, 0.2) is 24.4 Å². The van der Waals surface area contributed by atoms with E-state index < -0.39 is 81.0 Å². The van der Waals surface area contributed by atoms with Gasteiger partial charge in [-0.25, -0.2) is 18.2 Å². The monoisotopic (exact) mass is 799 g/mol. The van der Waals surface area contributed by atoms with Crippen molar-refractivity contribution in [2.24, 2.45) is 17.8 Å². The van der Waals surface area contributed by atoms with Crippen LogP contribution in [-0.2, 0) is 29.1 Å². The summed E-state index contributed by atoms with van der Waals surface area (Å²) in [6.07, 6.45) is -3.85. The van der Waals surface area contributed by atoms with Gasteiger partial charge in [-0.15, -0.1) is 0 Å². The minimum Gasteiger partial charge on any atom is -0.494 e. The molecule has 0 radical (unpaired) electrons. The largest absolute Gasteiger partial charge is 0.494 e. The van der Waals surface area contributed by atoms with Crippen LogP contribution in [0, 0.1) is 17.8 Å². The molecule has 0 bridgehead atoms. The Morgan fingerprint density at radius 2 is 1.80 bits per heavy atom. The first kappa shape index (κ1) is 38.2. The molecule has 7 rings (SSSR count). The van der Waals surface area contributed by atoms with E-state index in [1.165, 1.54) is 18.2 Å². The number of benzene rings is 1. The Kier molecular flexibility index (Phi) is 10.1. The Labute approximate surface area is 314 Å². The number of methoxy groups -OCH3 is 1. The number of amides is 4. The van der Waals surface area contributed by atoms with Gasteiger partial charge in [-0.2, -0.15) is 13.2 Å². The van der Waals surface area contributed by atoms with Crippen LogP contribution in [0.1, 0.15) is 64.7 Å². The fourth-order valence-corrected chi connectivity index (χ4v) is 9.01. The Hall–Kier alpha value is -4.06. The van der Waals surface area contributed by atoms with Crippen LogP contribution >= 0.6 is 11.6 Å². The summed E-state index contributed by atoms with van der Waals surface area (Å²) in [6, 6.07) is 2.39. The molecule has 2 aromatic rings. The van der Waals surface area contributed by atoms with E-state index in [0.717, 1.165) is 12.8 Å². The molecular weight excluding hydrogens is 759 g/mol. The number of rotatable bonds is 13. The van der Waals surface area contributed by atoms with Crippen LogP contribution in [0.2, 0.25) is 5.02 Å². The summed E-state index contributed by atoms with van der Waals surface area (Å²) in [5.41, 5.74) is -1.51. The molecule has 0 unspecified atom stereocenters. The molecule has 1 aliphatic heterocycles. The van der Waals surface area contributed by atoms with E-state index in [1.807, 2.05) is 0 Å². The van der Waals surface area contributed by atoms with Gasteiger partial charge in [-0.1, -0.05) is 18.0 Å². The number of alkyl carbamates (subject to hydrolysis) is 1. The number of alkyl halides is 3. The molecule has 294 valence electrons. The van der Waals surface area contributed by atoms with Crippen molar-refractivity contribution in [1.82, 2.24) is 25.2 Å². The molecule has 4 amide bonds. The van der Waals surface area contributed by atoms with Gasteiger partial charge in [0.05, 0.1) is 25.1 Å². The quantitative estimate of drug-likeness (QED) is 0.268. The predicted octanol–water partition coefficient (Wildman–Crippen LogP) is 3.98. The standard InChI is InChI=1S/C35H41ClF3N5O9S/c1-17(35(37,38)39)52-33(48)41-28(19-4-3-5-19)31(46)44-16-21(53-30-24-12-20(36)8-11-23(24)27(51-2)15-40-30)13-26(44)29(45)42-34(14-25(34)18-6-7-18)32(47)43-54(49,50)22-9-10-22/h8,11-12,15,17-19,21-22,25-26,28H,3-7,9-10,13-14,16H2,1-2H3,(H,41,48)(H,42,45)(H,43,47)/t17-,21-,25+,26+,28+,34-/m1/s1. The lowest BCUT2D eigenvalue weighted by atomic mass is 9.79. The number of nitrogens with one attached hydrogen (secondary N) is 3. The van der Waals surface area contributed by atoms with Crippen LogP contribution in [0.3, 0.4) is 0 Å². The summed E-state index contributed by atoms with van der Waals surface area (Å²) in [7, 11) is -2.46. The van der Waals surface area contributed by atoms with Gasteiger partial charge in [0, 0.05) is 22.2 Å². The number of hydrogen-bond donors (Lipinski definition) is 3.